The van der Waals surface area contributed by atoms with Crippen LogP contribution in [0.5, 0.6) is 0 Å². The number of piperazine rings is 1. The molecule has 1 aliphatic rings. The Morgan fingerprint density at radius 1 is 1.42 bits per heavy atom. The summed E-state index contributed by atoms with van der Waals surface area (Å²) in [6, 6.07) is 4.94. The van der Waals surface area contributed by atoms with E-state index in [0.717, 1.165) is 37.7 Å². The first-order valence-corrected chi connectivity index (χ1v) is 7.33. The van der Waals surface area contributed by atoms with Crippen molar-refractivity contribution in [2.24, 2.45) is 5.73 Å². The zero-order chi connectivity index (χ0) is 14.0. The fraction of sp³-hybridized carbons (Fsp3) is 0.733. The van der Waals surface area contributed by atoms with Gasteiger partial charge in [0.05, 0.1) is 6.04 Å². The van der Waals surface area contributed by atoms with E-state index in [1.165, 1.54) is 0 Å². The van der Waals surface area contributed by atoms with E-state index in [1.54, 1.807) is 0 Å². The van der Waals surface area contributed by atoms with Crippen molar-refractivity contribution in [2.75, 3.05) is 26.2 Å². The molecule has 2 heterocycles. The fourth-order valence-corrected chi connectivity index (χ4v) is 3.13. The van der Waals surface area contributed by atoms with Crippen molar-refractivity contribution in [2.45, 2.75) is 45.8 Å². The maximum atomic E-state index is 6.21. The summed E-state index contributed by atoms with van der Waals surface area (Å²) in [5.41, 5.74) is 6.21. The van der Waals surface area contributed by atoms with Crippen molar-refractivity contribution >= 4 is 0 Å². The van der Waals surface area contributed by atoms with Gasteiger partial charge in [0.1, 0.15) is 11.5 Å². The molecule has 108 valence electrons. The van der Waals surface area contributed by atoms with E-state index in [9.17, 15) is 0 Å². The maximum Gasteiger partial charge on any atom is 0.122 e. The number of aryl methyl sites for hydroxylation is 1. The first-order chi connectivity index (χ1) is 9.02. The normalized spacial score (nSPS) is 25.4. The molecule has 1 aliphatic heterocycles. The van der Waals surface area contributed by atoms with Crippen LogP contribution in [-0.2, 0) is 0 Å². The van der Waals surface area contributed by atoms with Crippen molar-refractivity contribution in [1.82, 2.24) is 9.80 Å². The van der Waals surface area contributed by atoms with Gasteiger partial charge in [-0.2, -0.15) is 0 Å². The number of rotatable bonds is 4. The zero-order valence-electron chi connectivity index (χ0n) is 12.6. The number of nitrogens with two attached hydrogens (primary N) is 1. The number of furan rings is 1. The highest BCUT2D eigenvalue weighted by Crippen LogP contribution is 2.27. The van der Waals surface area contributed by atoms with Crippen LogP contribution in [0.2, 0.25) is 0 Å². The van der Waals surface area contributed by atoms with Gasteiger partial charge in [0.25, 0.3) is 0 Å². The second kappa shape index (κ2) is 6.07. The first-order valence-electron chi connectivity index (χ1n) is 7.33. The summed E-state index contributed by atoms with van der Waals surface area (Å²) in [7, 11) is 0. The highest BCUT2D eigenvalue weighted by atomic mass is 16.3. The zero-order valence-corrected chi connectivity index (χ0v) is 12.6. The number of hydrogen-bond acceptors (Lipinski definition) is 4. The number of nitrogens with zero attached hydrogens (tertiary/aromatic N) is 2. The molecular formula is C15H27N3O. The molecule has 1 fully saturated rings. The predicted molar refractivity (Wildman–Crippen MR) is 78.1 cm³/mol. The van der Waals surface area contributed by atoms with Crippen LogP contribution >= 0.6 is 0 Å². The quantitative estimate of drug-likeness (QED) is 0.904. The van der Waals surface area contributed by atoms with Crippen molar-refractivity contribution < 1.29 is 4.42 Å². The van der Waals surface area contributed by atoms with Crippen LogP contribution in [0.4, 0.5) is 0 Å². The van der Waals surface area contributed by atoms with Crippen molar-refractivity contribution in [3.8, 4) is 0 Å². The molecule has 1 saturated heterocycles. The summed E-state index contributed by atoms with van der Waals surface area (Å²) in [4.78, 5) is 4.99. The van der Waals surface area contributed by atoms with E-state index in [-0.39, 0.29) is 12.1 Å². The summed E-state index contributed by atoms with van der Waals surface area (Å²) in [5, 5.41) is 0. The average Bonchev–Trinajstić information content (AvgIpc) is 2.75. The number of likely N-dealkylation sites (N-methyl/N-ethyl adjacent to an activating group) is 1. The van der Waals surface area contributed by atoms with Crippen molar-refractivity contribution in [3.63, 3.8) is 0 Å². The lowest BCUT2D eigenvalue weighted by atomic mass is 10.0. The molecule has 0 aliphatic carbocycles. The van der Waals surface area contributed by atoms with Gasteiger partial charge in [0.15, 0.2) is 0 Å². The van der Waals surface area contributed by atoms with Crippen LogP contribution in [0.25, 0.3) is 0 Å². The fourth-order valence-electron chi connectivity index (χ4n) is 3.13. The van der Waals surface area contributed by atoms with Gasteiger partial charge in [0, 0.05) is 31.7 Å². The Labute approximate surface area is 116 Å². The van der Waals surface area contributed by atoms with Crippen LogP contribution in [0.3, 0.4) is 0 Å². The van der Waals surface area contributed by atoms with E-state index in [4.69, 9.17) is 10.2 Å². The Hall–Kier alpha value is -0.840. The average molecular weight is 265 g/mol. The molecule has 1 aromatic rings. The van der Waals surface area contributed by atoms with Crippen LogP contribution in [0.1, 0.15) is 38.3 Å². The Morgan fingerprint density at radius 2 is 2.16 bits per heavy atom. The third-order valence-corrected chi connectivity index (χ3v) is 4.15. The minimum absolute atomic E-state index is 0.0749. The topological polar surface area (TPSA) is 45.6 Å². The van der Waals surface area contributed by atoms with E-state index in [1.807, 2.05) is 13.0 Å². The minimum Gasteiger partial charge on any atom is -0.465 e. The minimum atomic E-state index is 0.0749. The lowest BCUT2D eigenvalue weighted by Gasteiger charge is -2.43. The molecule has 0 amide bonds. The SMILES string of the molecule is CCN1CCN(C(c2ccc(C)o2)C(C)N)CC1C. The van der Waals surface area contributed by atoms with Crippen LogP contribution in [0, 0.1) is 6.92 Å². The molecule has 3 unspecified atom stereocenters. The van der Waals surface area contributed by atoms with Gasteiger partial charge in [-0.25, -0.2) is 0 Å². The molecular weight excluding hydrogens is 238 g/mol. The molecule has 19 heavy (non-hydrogen) atoms. The Bertz CT molecular complexity index is 402. The largest absolute Gasteiger partial charge is 0.465 e. The summed E-state index contributed by atoms with van der Waals surface area (Å²) >= 11 is 0. The second-order valence-corrected chi connectivity index (χ2v) is 5.72. The summed E-state index contributed by atoms with van der Waals surface area (Å²) in [5.74, 6) is 1.96. The van der Waals surface area contributed by atoms with E-state index in [0.29, 0.717) is 6.04 Å². The summed E-state index contributed by atoms with van der Waals surface area (Å²) in [6.45, 7) is 12.9. The third-order valence-electron chi connectivity index (χ3n) is 4.15. The molecule has 0 aromatic carbocycles. The second-order valence-electron chi connectivity index (χ2n) is 5.72. The van der Waals surface area contributed by atoms with E-state index < -0.39 is 0 Å². The monoisotopic (exact) mass is 265 g/mol. The van der Waals surface area contributed by atoms with Crippen LogP contribution in [-0.4, -0.2) is 48.1 Å². The summed E-state index contributed by atoms with van der Waals surface area (Å²) < 4.78 is 5.81. The molecule has 0 spiro atoms. The first kappa shape index (κ1) is 14.6. The van der Waals surface area contributed by atoms with E-state index >= 15 is 0 Å². The standard InChI is InChI=1S/C15H27N3O/c1-5-17-8-9-18(10-11(17)2)15(13(4)16)14-7-6-12(3)19-14/h6-7,11,13,15H,5,8-10,16H2,1-4H3. The van der Waals surface area contributed by atoms with Gasteiger partial charge in [-0.05, 0) is 39.4 Å². The molecule has 2 N–H and O–H groups in total. The molecule has 0 bridgehead atoms. The molecule has 4 heteroatoms. The molecule has 2 rings (SSSR count). The lowest BCUT2D eigenvalue weighted by molar-refractivity contribution is 0.0441. The highest BCUT2D eigenvalue weighted by Gasteiger charge is 2.32. The van der Waals surface area contributed by atoms with Gasteiger partial charge in [-0.1, -0.05) is 6.92 Å². The molecule has 0 saturated carbocycles. The van der Waals surface area contributed by atoms with Gasteiger partial charge in [-0.15, -0.1) is 0 Å². The summed E-state index contributed by atoms with van der Waals surface area (Å²) in [6.07, 6.45) is 0. The maximum absolute atomic E-state index is 6.21. The Balaban J connectivity index is 2.13. The predicted octanol–water partition coefficient (Wildman–Crippen LogP) is 2.00. The van der Waals surface area contributed by atoms with Gasteiger partial charge in [0.2, 0.25) is 0 Å². The Kier molecular flexibility index (Phi) is 4.66. The van der Waals surface area contributed by atoms with Gasteiger partial charge < -0.3 is 10.2 Å². The highest BCUT2D eigenvalue weighted by molar-refractivity contribution is 5.12. The Morgan fingerprint density at radius 3 is 2.63 bits per heavy atom. The lowest BCUT2D eigenvalue weighted by Crippen LogP contribution is -2.54. The molecule has 3 atom stereocenters. The van der Waals surface area contributed by atoms with Crippen LogP contribution < -0.4 is 5.73 Å². The molecule has 4 nitrogen and oxygen atoms in total. The van der Waals surface area contributed by atoms with Gasteiger partial charge >= 0.3 is 0 Å². The molecule has 0 radical (unpaired) electrons. The van der Waals surface area contributed by atoms with Crippen LogP contribution in [0.15, 0.2) is 16.5 Å². The number of hydrogen-bond donors (Lipinski definition) is 1. The van der Waals surface area contributed by atoms with Crippen molar-refractivity contribution in [3.05, 3.63) is 23.7 Å². The van der Waals surface area contributed by atoms with E-state index in [2.05, 4.69) is 36.6 Å². The third kappa shape index (κ3) is 3.19. The van der Waals surface area contributed by atoms with Crippen molar-refractivity contribution in [1.29, 1.82) is 0 Å². The molecule has 1 aromatic heterocycles. The van der Waals surface area contributed by atoms with Gasteiger partial charge in [-0.3, -0.25) is 9.80 Å². The smallest absolute Gasteiger partial charge is 0.122 e.